The average molecular weight is 205 g/mol. The van der Waals surface area contributed by atoms with Crippen molar-refractivity contribution < 1.29 is 9.53 Å². The Balaban J connectivity index is 2.46. The Morgan fingerprint density at radius 3 is 2.54 bits per heavy atom. The number of halogens is 1. The normalized spacial score (nSPS) is 21.4. The summed E-state index contributed by atoms with van der Waals surface area (Å²) in [7, 11) is 1.62. The van der Waals surface area contributed by atoms with E-state index in [1.165, 1.54) is 19.3 Å². The first kappa shape index (κ1) is 11.0. The molecule has 0 saturated heterocycles. The lowest BCUT2D eigenvalue weighted by Gasteiger charge is -2.27. The van der Waals surface area contributed by atoms with Gasteiger partial charge in [-0.05, 0) is 30.4 Å². The van der Waals surface area contributed by atoms with Gasteiger partial charge in [-0.15, -0.1) is 0 Å². The molecule has 1 atom stereocenters. The summed E-state index contributed by atoms with van der Waals surface area (Å²) < 4.78 is 5.01. The molecule has 13 heavy (non-hydrogen) atoms. The zero-order valence-corrected chi connectivity index (χ0v) is 8.85. The van der Waals surface area contributed by atoms with Crippen LogP contribution in [-0.4, -0.2) is 19.0 Å². The van der Waals surface area contributed by atoms with Gasteiger partial charge in [0.15, 0.2) is 0 Å². The Labute approximate surface area is 84.6 Å². The molecular formula is C10H17ClO2. The van der Waals surface area contributed by atoms with E-state index in [-0.39, 0.29) is 11.2 Å². The SMILES string of the molecule is COCC(C(=O)Cl)C1CCCCC1. The van der Waals surface area contributed by atoms with Crippen LogP contribution in [-0.2, 0) is 9.53 Å². The Morgan fingerprint density at radius 1 is 1.46 bits per heavy atom. The van der Waals surface area contributed by atoms with Gasteiger partial charge in [-0.2, -0.15) is 0 Å². The van der Waals surface area contributed by atoms with Gasteiger partial charge in [0.05, 0.1) is 12.5 Å². The third kappa shape index (κ3) is 3.28. The summed E-state index contributed by atoms with van der Waals surface area (Å²) in [4.78, 5) is 11.1. The minimum Gasteiger partial charge on any atom is -0.384 e. The van der Waals surface area contributed by atoms with Crippen LogP contribution >= 0.6 is 11.6 Å². The van der Waals surface area contributed by atoms with Crippen molar-refractivity contribution in [1.29, 1.82) is 0 Å². The van der Waals surface area contributed by atoms with Crippen molar-refractivity contribution in [2.75, 3.05) is 13.7 Å². The molecule has 0 bridgehead atoms. The topological polar surface area (TPSA) is 26.3 Å². The van der Waals surface area contributed by atoms with Crippen LogP contribution in [0.1, 0.15) is 32.1 Å². The maximum absolute atomic E-state index is 11.1. The standard InChI is InChI=1S/C10H17ClO2/c1-13-7-9(10(11)12)8-5-3-2-4-6-8/h8-9H,2-7H2,1H3. The molecule has 0 spiro atoms. The van der Waals surface area contributed by atoms with Gasteiger partial charge in [0.25, 0.3) is 0 Å². The van der Waals surface area contributed by atoms with Crippen LogP contribution in [0.4, 0.5) is 0 Å². The molecule has 1 aliphatic carbocycles. The van der Waals surface area contributed by atoms with E-state index >= 15 is 0 Å². The molecule has 3 heteroatoms. The van der Waals surface area contributed by atoms with Crippen LogP contribution in [0.5, 0.6) is 0 Å². The highest BCUT2D eigenvalue weighted by atomic mass is 35.5. The third-order valence-corrected chi connectivity index (χ3v) is 3.14. The lowest BCUT2D eigenvalue weighted by Crippen LogP contribution is -2.26. The number of rotatable bonds is 4. The number of carbonyl (C=O) groups excluding carboxylic acids is 1. The van der Waals surface area contributed by atoms with Crippen LogP contribution in [0.3, 0.4) is 0 Å². The van der Waals surface area contributed by atoms with E-state index in [1.807, 2.05) is 0 Å². The van der Waals surface area contributed by atoms with Gasteiger partial charge in [0.1, 0.15) is 0 Å². The van der Waals surface area contributed by atoms with Crippen LogP contribution in [0, 0.1) is 11.8 Å². The van der Waals surface area contributed by atoms with Crippen LogP contribution in [0.2, 0.25) is 0 Å². The van der Waals surface area contributed by atoms with E-state index in [1.54, 1.807) is 7.11 Å². The van der Waals surface area contributed by atoms with Crippen LogP contribution < -0.4 is 0 Å². The fraction of sp³-hybridized carbons (Fsp3) is 0.900. The number of hydrogen-bond donors (Lipinski definition) is 0. The predicted molar refractivity (Wildman–Crippen MR) is 52.8 cm³/mol. The molecule has 0 aromatic heterocycles. The zero-order chi connectivity index (χ0) is 9.68. The zero-order valence-electron chi connectivity index (χ0n) is 8.09. The van der Waals surface area contributed by atoms with E-state index in [4.69, 9.17) is 16.3 Å². The fourth-order valence-corrected chi connectivity index (χ4v) is 2.34. The molecule has 0 radical (unpaired) electrons. The molecule has 0 aliphatic heterocycles. The Hall–Kier alpha value is -0.0800. The molecule has 0 heterocycles. The lowest BCUT2D eigenvalue weighted by atomic mass is 9.81. The van der Waals surface area contributed by atoms with E-state index in [2.05, 4.69) is 0 Å². The molecule has 0 N–H and O–H groups in total. The van der Waals surface area contributed by atoms with Gasteiger partial charge in [0, 0.05) is 7.11 Å². The van der Waals surface area contributed by atoms with Crippen LogP contribution in [0.25, 0.3) is 0 Å². The maximum atomic E-state index is 11.1. The monoisotopic (exact) mass is 204 g/mol. The van der Waals surface area contributed by atoms with E-state index in [0.717, 1.165) is 12.8 Å². The molecular weight excluding hydrogens is 188 g/mol. The van der Waals surface area contributed by atoms with Gasteiger partial charge in [-0.3, -0.25) is 4.79 Å². The van der Waals surface area contributed by atoms with Crippen molar-refractivity contribution in [3.63, 3.8) is 0 Å². The van der Waals surface area contributed by atoms with Gasteiger partial charge in [0.2, 0.25) is 5.24 Å². The van der Waals surface area contributed by atoms with E-state index < -0.39 is 0 Å². The molecule has 0 aromatic rings. The number of ether oxygens (including phenoxy) is 1. The molecule has 1 unspecified atom stereocenters. The molecule has 2 nitrogen and oxygen atoms in total. The quantitative estimate of drug-likeness (QED) is 0.658. The van der Waals surface area contributed by atoms with Crippen molar-refractivity contribution in [3.05, 3.63) is 0 Å². The van der Waals surface area contributed by atoms with Crippen molar-refractivity contribution in [2.45, 2.75) is 32.1 Å². The third-order valence-electron chi connectivity index (χ3n) is 2.86. The highest BCUT2D eigenvalue weighted by molar-refractivity contribution is 6.64. The molecule has 1 fully saturated rings. The molecule has 1 aliphatic rings. The summed E-state index contributed by atoms with van der Waals surface area (Å²) >= 11 is 5.54. The summed E-state index contributed by atoms with van der Waals surface area (Å²) in [5, 5.41) is -0.228. The van der Waals surface area contributed by atoms with Crippen molar-refractivity contribution >= 4 is 16.8 Å². The predicted octanol–water partition coefficient (Wildman–Crippen LogP) is 2.59. The van der Waals surface area contributed by atoms with Crippen molar-refractivity contribution in [2.24, 2.45) is 11.8 Å². The van der Waals surface area contributed by atoms with Gasteiger partial charge in [-0.25, -0.2) is 0 Å². The maximum Gasteiger partial charge on any atom is 0.227 e. The minimum absolute atomic E-state index is 0.0769. The second-order valence-corrected chi connectivity index (χ2v) is 4.14. The van der Waals surface area contributed by atoms with Gasteiger partial charge < -0.3 is 4.74 Å². The van der Waals surface area contributed by atoms with Crippen molar-refractivity contribution in [1.82, 2.24) is 0 Å². The summed E-state index contributed by atoms with van der Waals surface area (Å²) in [6.45, 7) is 0.479. The van der Waals surface area contributed by atoms with Gasteiger partial charge >= 0.3 is 0 Å². The number of carbonyl (C=O) groups is 1. The first-order valence-corrected chi connectivity index (χ1v) is 5.31. The second-order valence-electron chi connectivity index (χ2n) is 3.76. The second kappa shape index (κ2) is 5.61. The number of methoxy groups -OCH3 is 1. The minimum atomic E-state index is -0.228. The Morgan fingerprint density at radius 2 is 2.08 bits per heavy atom. The first-order chi connectivity index (χ1) is 6.25. The van der Waals surface area contributed by atoms with E-state index in [9.17, 15) is 4.79 Å². The fourth-order valence-electron chi connectivity index (χ4n) is 2.10. The molecule has 1 rings (SSSR count). The highest BCUT2D eigenvalue weighted by Crippen LogP contribution is 2.31. The van der Waals surface area contributed by atoms with Crippen molar-refractivity contribution in [3.8, 4) is 0 Å². The summed E-state index contributed by atoms with van der Waals surface area (Å²) in [5.41, 5.74) is 0. The average Bonchev–Trinajstić information content (AvgIpc) is 2.15. The number of hydrogen-bond acceptors (Lipinski definition) is 2. The summed E-state index contributed by atoms with van der Waals surface area (Å²) in [5.74, 6) is 0.380. The molecule has 0 aromatic carbocycles. The molecule has 76 valence electrons. The highest BCUT2D eigenvalue weighted by Gasteiger charge is 2.28. The molecule has 1 saturated carbocycles. The Bertz CT molecular complexity index is 164. The summed E-state index contributed by atoms with van der Waals surface area (Å²) in [6, 6.07) is 0. The lowest BCUT2D eigenvalue weighted by molar-refractivity contribution is -0.119. The van der Waals surface area contributed by atoms with Crippen LogP contribution in [0.15, 0.2) is 0 Å². The largest absolute Gasteiger partial charge is 0.384 e. The Kier molecular flexibility index (Phi) is 4.74. The summed E-state index contributed by atoms with van der Waals surface area (Å²) in [6.07, 6.45) is 6.02. The van der Waals surface area contributed by atoms with Gasteiger partial charge in [-0.1, -0.05) is 19.3 Å². The van der Waals surface area contributed by atoms with E-state index in [0.29, 0.717) is 12.5 Å². The first-order valence-electron chi connectivity index (χ1n) is 4.94. The molecule has 0 amide bonds. The smallest absolute Gasteiger partial charge is 0.227 e.